The van der Waals surface area contributed by atoms with Gasteiger partial charge in [-0.3, -0.25) is 9.59 Å². The molecule has 1 heterocycles. The first kappa shape index (κ1) is 21.5. The third-order valence-electron chi connectivity index (χ3n) is 6.74. The lowest BCUT2D eigenvalue weighted by Gasteiger charge is -2.35. The number of carbonyl (C=O) groups excluding carboxylic acids is 2. The maximum atomic E-state index is 12.8. The number of hydrogen-bond donors (Lipinski definition) is 1. The summed E-state index contributed by atoms with van der Waals surface area (Å²) in [4.78, 5) is 27.0. The van der Waals surface area contributed by atoms with Gasteiger partial charge in [0, 0.05) is 25.6 Å². The fraction of sp³-hybridized carbons (Fsp3) is 0.652. The second kappa shape index (κ2) is 9.51. The summed E-state index contributed by atoms with van der Waals surface area (Å²) in [6.07, 6.45) is 4.48. The molecule has 160 valence electrons. The summed E-state index contributed by atoms with van der Waals surface area (Å²) in [5.74, 6) is 2.37. The van der Waals surface area contributed by atoms with Gasteiger partial charge in [0.2, 0.25) is 11.8 Å². The normalized spacial score (nSPS) is 27.0. The van der Waals surface area contributed by atoms with Crippen LogP contribution in [0.1, 0.15) is 45.1 Å². The van der Waals surface area contributed by atoms with E-state index < -0.39 is 0 Å². The highest BCUT2D eigenvalue weighted by Crippen LogP contribution is 2.30. The van der Waals surface area contributed by atoms with Crippen molar-refractivity contribution in [2.45, 2.75) is 52.0 Å². The van der Waals surface area contributed by atoms with Crippen molar-refractivity contribution in [1.82, 2.24) is 10.2 Å². The SMILES string of the molecule is COc1ccc(CCN2CC(C(=O)NC3CCCC(C)C3C)CC2=O)cc1OC. The van der Waals surface area contributed by atoms with Crippen LogP contribution in [0, 0.1) is 17.8 Å². The van der Waals surface area contributed by atoms with Crippen molar-refractivity contribution in [1.29, 1.82) is 0 Å². The Morgan fingerprint density at radius 3 is 2.66 bits per heavy atom. The van der Waals surface area contributed by atoms with E-state index in [1.807, 2.05) is 23.1 Å². The minimum absolute atomic E-state index is 0.0397. The zero-order chi connectivity index (χ0) is 21.0. The highest BCUT2D eigenvalue weighted by atomic mass is 16.5. The molecular formula is C23H34N2O4. The van der Waals surface area contributed by atoms with E-state index in [2.05, 4.69) is 19.2 Å². The van der Waals surface area contributed by atoms with Gasteiger partial charge in [-0.2, -0.15) is 0 Å². The van der Waals surface area contributed by atoms with Gasteiger partial charge in [0.15, 0.2) is 11.5 Å². The zero-order valence-electron chi connectivity index (χ0n) is 18.1. The zero-order valence-corrected chi connectivity index (χ0v) is 18.1. The molecular weight excluding hydrogens is 368 g/mol. The summed E-state index contributed by atoms with van der Waals surface area (Å²) in [6.45, 7) is 5.60. The van der Waals surface area contributed by atoms with Crippen LogP contribution in [0.25, 0.3) is 0 Å². The number of likely N-dealkylation sites (tertiary alicyclic amines) is 1. The molecule has 1 aromatic carbocycles. The number of amides is 2. The minimum atomic E-state index is -0.239. The van der Waals surface area contributed by atoms with Crippen molar-refractivity contribution in [2.75, 3.05) is 27.3 Å². The van der Waals surface area contributed by atoms with Crippen LogP contribution >= 0.6 is 0 Å². The van der Waals surface area contributed by atoms with Gasteiger partial charge < -0.3 is 19.7 Å². The van der Waals surface area contributed by atoms with Gasteiger partial charge in [-0.05, 0) is 42.4 Å². The van der Waals surface area contributed by atoms with Crippen molar-refractivity contribution in [3.05, 3.63) is 23.8 Å². The van der Waals surface area contributed by atoms with Gasteiger partial charge in [0.05, 0.1) is 20.1 Å². The first-order valence-corrected chi connectivity index (χ1v) is 10.7. The second-order valence-corrected chi connectivity index (χ2v) is 8.56. The Kier molecular flexibility index (Phi) is 7.04. The van der Waals surface area contributed by atoms with Crippen LogP contribution in [-0.4, -0.2) is 50.1 Å². The van der Waals surface area contributed by atoms with Crippen LogP contribution in [0.4, 0.5) is 0 Å². The number of hydrogen-bond acceptors (Lipinski definition) is 4. The van der Waals surface area contributed by atoms with Crippen molar-refractivity contribution in [3.63, 3.8) is 0 Å². The molecule has 2 amide bonds. The molecule has 1 aliphatic heterocycles. The molecule has 6 heteroatoms. The maximum Gasteiger partial charge on any atom is 0.225 e. The van der Waals surface area contributed by atoms with Gasteiger partial charge in [-0.15, -0.1) is 0 Å². The summed E-state index contributed by atoms with van der Waals surface area (Å²) in [6, 6.07) is 6.04. The lowest BCUT2D eigenvalue weighted by Crippen LogP contribution is -2.46. The number of rotatable bonds is 7. The van der Waals surface area contributed by atoms with Gasteiger partial charge in [-0.1, -0.05) is 32.8 Å². The van der Waals surface area contributed by atoms with E-state index in [-0.39, 0.29) is 23.8 Å². The molecule has 0 spiro atoms. The van der Waals surface area contributed by atoms with Crippen molar-refractivity contribution >= 4 is 11.8 Å². The highest BCUT2D eigenvalue weighted by Gasteiger charge is 2.36. The topological polar surface area (TPSA) is 67.9 Å². The van der Waals surface area contributed by atoms with E-state index >= 15 is 0 Å². The van der Waals surface area contributed by atoms with Crippen LogP contribution in [0.2, 0.25) is 0 Å². The Labute approximate surface area is 173 Å². The number of ether oxygens (including phenoxy) is 2. The lowest BCUT2D eigenvalue weighted by atomic mass is 9.78. The van der Waals surface area contributed by atoms with Crippen LogP contribution in [0.3, 0.4) is 0 Å². The maximum absolute atomic E-state index is 12.8. The summed E-state index contributed by atoms with van der Waals surface area (Å²) in [5, 5.41) is 3.24. The molecule has 1 saturated carbocycles. The van der Waals surface area contributed by atoms with Crippen molar-refractivity contribution < 1.29 is 19.1 Å². The molecule has 0 aromatic heterocycles. The first-order valence-electron chi connectivity index (χ1n) is 10.7. The molecule has 29 heavy (non-hydrogen) atoms. The van der Waals surface area contributed by atoms with Crippen LogP contribution in [0.15, 0.2) is 18.2 Å². The summed E-state index contributed by atoms with van der Waals surface area (Å²) >= 11 is 0. The molecule has 6 nitrogen and oxygen atoms in total. The van der Waals surface area contributed by atoms with Crippen molar-refractivity contribution in [3.8, 4) is 11.5 Å². The lowest BCUT2D eigenvalue weighted by molar-refractivity contribution is -0.129. The number of carbonyl (C=O) groups is 2. The van der Waals surface area contributed by atoms with Crippen LogP contribution in [-0.2, 0) is 16.0 Å². The largest absolute Gasteiger partial charge is 0.493 e. The predicted molar refractivity (Wildman–Crippen MR) is 112 cm³/mol. The third kappa shape index (κ3) is 5.03. The van der Waals surface area contributed by atoms with E-state index in [9.17, 15) is 9.59 Å². The Bertz CT molecular complexity index is 736. The second-order valence-electron chi connectivity index (χ2n) is 8.56. The summed E-state index contributed by atoms with van der Waals surface area (Å²) in [5.41, 5.74) is 1.08. The Balaban J connectivity index is 1.53. The Morgan fingerprint density at radius 2 is 1.93 bits per heavy atom. The Hall–Kier alpha value is -2.24. The molecule has 1 N–H and O–H groups in total. The highest BCUT2D eigenvalue weighted by molar-refractivity contribution is 5.89. The Morgan fingerprint density at radius 1 is 1.17 bits per heavy atom. The van der Waals surface area contributed by atoms with E-state index in [0.29, 0.717) is 42.8 Å². The van der Waals surface area contributed by atoms with Gasteiger partial charge in [0.25, 0.3) is 0 Å². The first-order chi connectivity index (χ1) is 13.9. The van der Waals surface area contributed by atoms with E-state index in [1.54, 1.807) is 14.2 Å². The van der Waals surface area contributed by atoms with E-state index in [4.69, 9.17) is 9.47 Å². The minimum Gasteiger partial charge on any atom is -0.493 e. The summed E-state index contributed by atoms with van der Waals surface area (Å²) in [7, 11) is 3.23. The third-order valence-corrected chi connectivity index (χ3v) is 6.74. The molecule has 1 aromatic rings. The molecule has 0 bridgehead atoms. The number of methoxy groups -OCH3 is 2. The molecule has 4 atom stereocenters. The average molecular weight is 403 g/mol. The predicted octanol–water partition coefficient (Wildman–Crippen LogP) is 3.04. The molecule has 2 fully saturated rings. The van der Waals surface area contributed by atoms with Crippen LogP contribution < -0.4 is 14.8 Å². The van der Waals surface area contributed by atoms with Gasteiger partial charge >= 0.3 is 0 Å². The molecule has 1 aliphatic carbocycles. The molecule has 3 rings (SSSR count). The fourth-order valence-electron chi connectivity index (χ4n) is 4.55. The quantitative estimate of drug-likeness (QED) is 0.761. The molecule has 1 saturated heterocycles. The molecule has 0 radical (unpaired) electrons. The molecule has 2 aliphatic rings. The van der Waals surface area contributed by atoms with Gasteiger partial charge in [-0.25, -0.2) is 0 Å². The van der Waals surface area contributed by atoms with E-state index in [1.165, 1.54) is 6.42 Å². The smallest absolute Gasteiger partial charge is 0.225 e. The number of benzene rings is 1. The monoisotopic (exact) mass is 402 g/mol. The number of nitrogens with zero attached hydrogens (tertiary/aromatic N) is 1. The standard InChI is InChI=1S/C23H34N2O4/c1-15-6-5-7-19(16(15)2)24-23(27)18-13-22(26)25(14-18)11-10-17-8-9-20(28-3)21(12-17)29-4/h8-9,12,15-16,18-19H,5-7,10-11,13-14H2,1-4H3,(H,24,27). The van der Waals surface area contributed by atoms with Crippen LogP contribution in [0.5, 0.6) is 11.5 Å². The number of nitrogens with one attached hydrogen (secondary N) is 1. The van der Waals surface area contributed by atoms with E-state index in [0.717, 1.165) is 24.8 Å². The van der Waals surface area contributed by atoms with Gasteiger partial charge in [0.1, 0.15) is 0 Å². The average Bonchev–Trinajstić information content (AvgIpc) is 3.10. The fourth-order valence-corrected chi connectivity index (χ4v) is 4.55. The molecule has 4 unspecified atom stereocenters. The summed E-state index contributed by atoms with van der Waals surface area (Å²) < 4.78 is 10.6. The van der Waals surface area contributed by atoms with Crippen molar-refractivity contribution in [2.24, 2.45) is 17.8 Å².